The largest absolute Gasteiger partial charge is 0.385 e. The summed E-state index contributed by atoms with van der Waals surface area (Å²) in [6, 6.07) is 4.50. The van der Waals surface area contributed by atoms with Gasteiger partial charge >= 0.3 is 0 Å². The highest BCUT2D eigenvalue weighted by Crippen LogP contribution is 2.09. The second kappa shape index (κ2) is 7.79. The van der Waals surface area contributed by atoms with E-state index in [0.717, 1.165) is 32.5 Å². The zero-order valence-corrected chi connectivity index (χ0v) is 11.0. The van der Waals surface area contributed by atoms with Gasteiger partial charge < -0.3 is 15.4 Å². The fourth-order valence-corrected chi connectivity index (χ4v) is 2.31. The van der Waals surface area contributed by atoms with Crippen LogP contribution in [-0.2, 0) is 11.2 Å². The van der Waals surface area contributed by atoms with Gasteiger partial charge in [0, 0.05) is 37.7 Å². The predicted molar refractivity (Wildman–Crippen MR) is 70.0 cm³/mol. The van der Waals surface area contributed by atoms with Crippen LogP contribution in [-0.4, -0.2) is 44.8 Å². The van der Waals surface area contributed by atoms with Crippen LogP contribution < -0.4 is 5.73 Å². The number of ether oxygens (including phenoxy) is 1. The van der Waals surface area contributed by atoms with Crippen molar-refractivity contribution in [3.8, 4) is 0 Å². The summed E-state index contributed by atoms with van der Waals surface area (Å²) in [5.41, 5.74) is 5.99. The third-order valence-electron chi connectivity index (χ3n) is 2.56. The summed E-state index contributed by atoms with van der Waals surface area (Å²) in [6.07, 6.45) is 2.05. The number of hydrogen-bond donors (Lipinski definition) is 1. The van der Waals surface area contributed by atoms with Gasteiger partial charge in [-0.15, -0.1) is 11.3 Å². The maximum absolute atomic E-state index is 5.99. The van der Waals surface area contributed by atoms with Crippen molar-refractivity contribution in [1.82, 2.24) is 4.90 Å². The van der Waals surface area contributed by atoms with Crippen molar-refractivity contribution in [3.63, 3.8) is 0 Å². The minimum Gasteiger partial charge on any atom is -0.385 e. The van der Waals surface area contributed by atoms with E-state index in [1.54, 1.807) is 7.11 Å². The first-order valence-electron chi connectivity index (χ1n) is 5.68. The lowest BCUT2D eigenvalue weighted by Gasteiger charge is -2.20. The van der Waals surface area contributed by atoms with Crippen LogP contribution in [0.5, 0.6) is 0 Å². The van der Waals surface area contributed by atoms with Crippen LogP contribution in [0.3, 0.4) is 0 Å². The molecule has 0 fully saturated rings. The number of nitrogens with zero attached hydrogens (tertiary/aromatic N) is 1. The SMILES string of the molecule is COCCC(N)CN(C)CCc1cccs1. The Morgan fingerprint density at radius 3 is 3.00 bits per heavy atom. The molecule has 1 unspecified atom stereocenters. The Bertz CT molecular complexity index is 264. The summed E-state index contributed by atoms with van der Waals surface area (Å²) in [4.78, 5) is 3.73. The Kier molecular flexibility index (Phi) is 6.64. The predicted octanol–water partition coefficient (Wildman–Crippen LogP) is 1.59. The maximum Gasteiger partial charge on any atom is 0.0477 e. The van der Waals surface area contributed by atoms with Gasteiger partial charge in [0.05, 0.1) is 0 Å². The standard InChI is InChI=1S/C12H22N2OS/c1-14(10-11(13)6-8-15-2)7-5-12-4-3-9-16-12/h3-4,9,11H,5-8,10,13H2,1-2H3. The molecule has 0 saturated heterocycles. The third-order valence-corrected chi connectivity index (χ3v) is 3.50. The molecule has 0 aliphatic carbocycles. The molecular formula is C12H22N2OS. The first-order valence-corrected chi connectivity index (χ1v) is 6.55. The zero-order valence-electron chi connectivity index (χ0n) is 10.2. The smallest absolute Gasteiger partial charge is 0.0477 e. The zero-order chi connectivity index (χ0) is 11.8. The van der Waals surface area contributed by atoms with E-state index in [-0.39, 0.29) is 6.04 Å². The van der Waals surface area contributed by atoms with Crippen LogP contribution in [0.15, 0.2) is 17.5 Å². The lowest BCUT2D eigenvalue weighted by Crippen LogP contribution is -2.36. The minimum absolute atomic E-state index is 0.216. The van der Waals surface area contributed by atoms with Gasteiger partial charge in [0.25, 0.3) is 0 Å². The van der Waals surface area contributed by atoms with Gasteiger partial charge in [-0.25, -0.2) is 0 Å². The molecule has 1 rings (SSSR count). The summed E-state index contributed by atoms with van der Waals surface area (Å²) in [7, 11) is 3.84. The van der Waals surface area contributed by atoms with Crippen LogP contribution in [0, 0.1) is 0 Å². The molecule has 0 saturated carbocycles. The van der Waals surface area contributed by atoms with Crippen molar-refractivity contribution in [2.75, 3.05) is 33.9 Å². The number of nitrogens with two attached hydrogens (primary N) is 1. The van der Waals surface area contributed by atoms with Gasteiger partial charge in [-0.2, -0.15) is 0 Å². The number of likely N-dealkylation sites (N-methyl/N-ethyl adjacent to an activating group) is 1. The van der Waals surface area contributed by atoms with Crippen molar-refractivity contribution >= 4 is 11.3 Å². The van der Waals surface area contributed by atoms with E-state index >= 15 is 0 Å². The molecule has 16 heavy (non-hydrogen) atoms. The Balaban J connectivity index is 2.12. The first kappa shape index (κ1) is 13.6. The quantitative estimate of drug-likeness (QED) is 0.752. The Hall–Kier alpha value is -0.420. The van der Waals surface area contributed by atoms with Crippen LogP contribution in [0.25, 0.3) is 0 Å². The average Bonchev–Trinajstić information content (AvgIpc) is 2.76. The molecule has 0 aliphatic rings. The van der Waals surface area contributed by atoms with Gasteiger partial charge in [-0.05, 0) is 31.3 Å². The van der Waals surface area contributed by atoms with E-state index in [2.05, 4.69) is 29.5 Å². The van der Waals surface area contributed by atoms with Gasteiger partial charge in [0.1, 0.15) is 0 Å². The normalized spacial score (nSPS) is 13.2. The fraction of sp³-hybridized carbons (Fsp3) is 0.667. The molecule has 0 aliphatic heterocycles. The van der Waals surface area contributed by atoms with Gasteiger partial charge in [0.15, 0.2) is 0 Å². The molecular weight excluding hydrogens is 220 g/mol. The van der Waals surface area contributed by atoms with Crippen molar-refractivity contribution in [1.29, 1.82) is 0 Å². The highest BCUT2D eigenvalue weighted by atomic mass is 32.1. The van der Waals surface area contributed by atoms with E-state index in [9.17, 15) is 0 Å². The second-order valence-corrected chi connectivity index (χ2v) is 5.17. The number of hydrogen-bond acceptors (Lipinski definition) is 4. The molecule has 2 N–H and O–H groups in total. The van der Waals surface area contributed by atoms with E-state index in [0.29, 0.717) is 0 Å². The van der Waals surface area contributed by atoms with Crippen molar-refractivity contribution in [3.05, 3.63) is 22.4 Å². The molecule has 92 valence electrons. The monoisotopic (exact) mass is 242 g/mol. The highest BCUT2D eigenvalue weighted by Gasteiger charge is 2.06. The molecule has 1 atom stereocenters. The summed E-state index contributed by atoms with van der Waals surface area (Å²) in [5.74, 6) is 0. The van der Waals surface area contributed by atoms with Crippen LogP contribution in [0.2, 0.25) is 0 Å². The van der Waals surface area contributed by atoms with Crippen LogP contribution in [0.1, 0.15) is 11.3 Å². The lowest BCUT2D eigenvalue weighted by atomic mass is 10.2. The van der Waals surface area contributed by atoms with E-state index in [1.165, 1.54) is 4.88 Å². The first-order chi connectivity index (χ1) is 7.72. The summed E-state index contributed by atoms with van der Waals surface area (Å²) in [6.45, 7) is 2.76. The molecule has 0 bridgehead atoms. The van der Waals surface area contributed by atoms with Crippen molar-refractivity contribution < 1.29 is 4.74 Å². The van der Waals surface area contributed by atoms with Crippen LogP contribution >= 0.6 is 11.3 Å². The molecule has 1 aromatic rings. The Morgan fingerprint density at radius 1 is 1.56 bits per heavy atom. The molecule has 0 amide bonds. The average molecular weight is 242 g/mol. The van der Waals surface area contributed by atoms with Crippen molar-refractivity contribution in [2.45, 2.75) is 18.9 Å². The molecule has 3 nitrogen and oxygen atoms in total. The number of thiophene rings is 1. The molecule has 0 radical (unpaired) electrons. The van der Waals surface area contributed by atoms with Gasteiger partial charge in [-0.3, -0.25) is 0 Å². The van der Waals surface area contributed by atoms with E-state index in [4.69, 9.17) is 10.5 Å². The fourth-order valence-electron chi connectivity index (χ4n) is 1.61. The van der Waals surface area contributed by atoms with Crippen LogP contribution in [0.4, 0.5) is 0 Å². The molecule has 1 heterocycles. The highest BCUT2D eigenvalue weighted by molar-refractivity contribution is 7.09. The topological polar surface area (TPSA) is 38.5 Å². The maximum atomic E-state index is 5.99. The third kappa shape index (κ3) is 5.61. The summed E-state index contributed by atoms with van der Waals surface area (Å²) < 4.78 is 5.02. The van der Waals surface area contributed by atoms with Gasteiger partial charge in [0.2, 0.25) is 0 Å². The Morgan fingerprint density at radius 2 is 2.38 bits per heavy atom. The summed E-state index contributed by atoms with van der Waals surface area (Å²) in [5, 5.41) is 2.12. The molecule has 4 heteroatoms. The van der Waals surface area contributed by atoms with E-state index in [1.807, 2.05) is 11.3 Å². The minimum atomic E-state index is 0.216. The Labute approximate surface area is 102 Å². The van der Waals surface area contributed by atoms with E-state index < -0.39 is 0 Å². The lowest BCUT2D eigenvalue weighted by molar-refractivity contribution is 0.180. The molecule has 0 spiro atoms. The number of methoxy groups -OCH3 is 1. The molecule has 1 aromatic heterocycles. The van der Waals surface area contributed by atoms with Crippen molar-refractivity contribution in [2.24, 2.45) is 5.73 Å². The summed E-state index contributed by atoms with van der Waals surface area (Å²) >= 11 is 1.82. The number of rotatable bonds is 8. The van der Waals surface area contributed by atoms with Gasteiger partial charge in [-0.1, -0.05) is 6.07 Å². The second-order valence-electron chi connectivity index (χ2n) is 4.13. The molecule has 0 aromatic carbocycles.